The van der Waals surface area contributed by atoms with Crippen LogP contribution in [0.25, 0.3) is 0 Å². The van der Waals surface area contributed by atoms with Crippen LogP contribution in [0, 0.1) is 18.8 Å². The normalized spacial score (nSPS) is 18.9. The van der Waals surface area contributed by atoms with Crippen LogP contribution >= 0.6 is 0 Å². The Balaban J connectivity index is 1.62. The number of nitrogens with zero attached hydrogens (tertiary/aromatic N) is 1. The van der Waals surface area contributed by atoms with Crippen LogP contribution in [0.3, 0.4) is 0 Å². The number of primary amides is 1. The lowest BCUT2D eigenvalue weighted by Crippen LogP contribution is -2.37. The standard InChI is InChI=1S/C31H32F6N2O3S/c1-20-7-11-23(12-8-20)28(29(38)40)24-13-9-22(10-14-24)19-39(18-21-5-3-2-4-6-21)43(41,42)27-16-25(30(32,33)34)15-26(17-27)31(35,36)37/h2-8,11-12,15-17,22,24,28H,9-10,13-14,18-19H2,1H3,(H2,38,40). The highest BCUT2D eigenvalue weighted by atomic mass is 32.2. The van der Waals surface area contributed by atoms with E-state index in [1.807, 2.05) is 31.2 Å². The Labute approximate surface area is 246 Å². The Kier molecular flexibility index (Phi) is 9.60. The van der Waals surface area contributed by atoms with Gasteiger partial charge in [0.15, 0.2) is 0 Å². The third-order valence-electron chi connectivity index (χ3n) is 7.97. The lowest BCUT2D eigenvalue weighted by molar-refractivity contribution is -0.143. The Morgan fingerprint density at radius 3 is 1.88 bits per heavy atom. The number of rotatable bonds is 9. The number of carbonyl (C=O) groups excluding carboxylic acids is 1. The number of sulfonamides is 1. The molecule has 1 saturated carbocycles. The van der Waals surface area contributed by atoms with Crippen molar-refractivity contribution in [1.82, 2.24) is 4.31 Å². The zero-order valence-electron chi connectivity index (χ0n) is 23.3. The van der Waals surface area contributed by atoms with Crippen LogP contribution < -0.4 is 5.73 Å². The van der Waals surface area contributed by atoms with E-state index < -0.39 is 50.2 Å². The lowest BCUT2D eigenvalue weighted by atomic mass is 9.73. The fraction of sp³-hybridized carbons (Fsp3) is 0.387. The highest BCUT2D eigenvalue weighted by Gasteiger charge is 2.40. The summed E-state index contributed by atoms with van der Waals surface area (Å²) >= 11 is 0. The van der Waals surface area contributed by atoms with Crippen LogP contribution in [0.4, 0.5) is 26.3 Å². The van der Waals surface area contributed by atoms with Gasteiger partial charge in [0.25, 0.3) is 0 Å². The van der Waals surface area contributed by atoms with Crippen molar-refractivity contribution in [3.8, 4) is 0 Å². The van der Waals surface area contributed by atoms with Crippen molar-refractivity contribution in [3.05, 3.63) is 101 Å². The molecule has 0 spiro atoms. The van der Waals surface area contributed by atoms with Gasteiger partial charge >= 0.3 is 12.4 Å². The van der Waals surface area contributed by atoms with Gasteiger partial charge in [0.1, 0.15) is 0 Å². The third-order valence-corrected chi connectivity index (χ3v) is 9.76. The van der Waals surface area contributed by atoms with E-state index in [9.17, 15) is 39.6 Å². The van der Waals surface area contributed by atoms with Crippen molar-refractivity contribution in [2.75, 3.05) is 6.54 Å². The molecule has 3 aromatic rings. The van der Waals surface area contributed by atoms with Gasteiger partial charge in [-0.25, -0.2) is 8.42 Å². The first-order valence-electron chi connectivity index (χ1n) is 13.7. The number of carbonyl (C=O) groups is 1. The molecule has 0 aliphatic heterocycles. The van der Waals surface area contributed by atoms with Gasteiger partial charge in [-0.15, -0.1) is 0 Å². The minimum atomic E-state index is -5.19. The number of benzene rings is 3. The van der Waals surface area contributed by atoms with Crippen molar-refractivity contribution in [2.24, 2.45) is 17.6 Å². The fourth-order valence-electron chi connectivity index (χ4n) is 5.69. The maximum Gasteiger partial charge on any atom is 0.416 e. The molecule has 1 unspecified atom stereocenters. The minimum absolute atomic E-state index is 0.0894. The Morgan fingerprint density at radius 2 is 1.40 bits per heavy atom. The zero-order chi connectivity index (χ0) is 31.6. The molecule has 43 heavy (non-hydrogen) atoms. The van der Waals surface area contributed by atoms with E-state index in [4.69, 9.17) is 5.73 Å². The maximum absolute atomic E-state index is 13.8. The number of amides is 1. The van der Waals surface area contributed by atoms with Crippen molar-refractivity contribution in [2.45, 2.75) is 62.3 Å². The Hall–Kier alpha value is -3.38. The molecule has 1 aliphatic carbocycles. The summed E-state index contributed by atoms with van der Waals surface area (Å²) < 4.78 is 110. The molecular weight excluding hydrogens is 594 g/mol. The Bertz CT molecular complexity index is 1480. The molecule has 1 aliphatic rings. The molecule has 0 heterocycles. The summed E-state index contributed by atoms with van der Waals surface area (Å²) in [7, 11) is -4.80. The number of hydrogen-bond donors (Lipinski definition) is 1. The molecule has 0 aromatic heterocycles. The van der Waals surface area contributed by atoms with E-state index in [2.05, 4.69) is 0 Å². The zero-order valence-corrected chi connectivity index (χ0v) is 24.1. The molecule has 2 N–H and O–H groups in total. The van der Waals surface area contributed by atoms with E-state index in [-0.39, 0.29) is 43.1 Å². The predicted octanol–water partition coefficient (Wildman–Crippen LogP) is 7.30. The van der Waals surface area contributed by atoms with Crippen LogP contribution in [0.2, 0.25) is 0 Å². The van der Waals surface area contributed by atoms with Gasteiger partial charge in [0.05, 0.1) is 21.9 Å². The lowest BCUT2D eigenvalue weighted by Gasteiger charge is -2.35. The summed E-state index contributed by atoms with van der Waals surface area (Å²) in [5.74, 6) is -1.33. The first kappa shape index (κ1) is 32.5. The molecule has 1 fully saturated rings. The molecule has 12 heteroatoms. The number of aryl methyl sites for hydroxylation is 1. The van der Waals surface area contributed by atoms with Gasteiger partial charge < -0.3 is 5.73 Å². The van der Waals surface area contributed by atoms with Crippen LogP contribution in [0.15, 0.2) is 77.7 Å². The summed E-state index contributed by atoms with van der Waals surface area (Å²) in [6.07, 6.45) is -8.29. The number of alkyl halides is 6. The highest BCUT2D eigenvalue weighted by molar-refractivity contribution is 7.89. The first-order valence-corrected chi connectivity index (χ1v) is 15.2. The average molecular weight is 627 g/mol. The largest absolute Gasteiger partial charge is 0.416 e. The van der Waals surface area contributed by atoms with E-state index in [1.165, 1.54) is 0 Å². The van der Waals surface area contributed by atoms with Crippen molar-refractivity contribution < 1.29 is 39.6 Å². The first-order chi connectivity index (χ1) is 20.1. The van der Waals surface area contributed by atoms with Gasteiger partial charge in [-0.2, -0.15) is 30.6 Å². The summed E-state index contributed by atoms with van der Waals surface area (Å²) in [6.45, 7) is 1.56. The second-order valence-electron chi connectivity index (χ2n) is 11.1. The summed E-state index contributed by atoms with van der Waals surface area (Å²) in [5, 5.41) is 0. The van der Waals surface area contributed by atoms with Crippen LogP contribution in [0.5, 0.6) is 0 Å². The summed E-state index contributed by atoms with van der Waals surface area (Å²) in [5.41, 5.74) is 4.70. The monoisotopic (exact) mass is 626 g/mol. The average Bonchev–Trinajstić information content (AvgIpc) is 2.94. The molecule has 4 rings (SSSR count). The molecule has 0 bridgehead atoms. The van der Waals surface area contributed by atoms with Crippen molar-refractivity contribution in [3.63, 3.8) is 0 Å². The van der Waals surface area contributed by atoms with Crippen LogP contribution in [-0.2, 0) is 33.7 Å². The number of hydrogen-bond acceptors (Lipinski definition) is 3. The number of halogens is 6. The van der Waals surface area contributed by atoms with E-state index in [0.717, 1.165) is 15.4 Å². The smallest absolute Gasteiger partial charge is 0.369 e. The molecule has 1 atom stereocenters. The molecule has 5 nitrogen and oxygen atoms in total. The topological polar surface area (TPSA) is 80.5 Å². The van der Waals surface area contributed by atoms with Gasteiger partial charge in [0.2, 0.25) is 15.9 Å². The molecule has 0 saturated heterocycles. The third kappa shape index (κ3) is 7.97. The summed E-state index contributed by atoms with van der Waals surface area (Å²) in [6, 6.07) is 16.2. The second kappa shape index (κ2) is 12.7. The van der Waals surface area contributed by atoms with Gasteiger partial charge in [-0.05, 0) is 73.8 Å². The van der Waals surface area contributed by atoms with Crippen LogP contribution in [-0.4, -0.2) is 25.2 Å². The second-order valence-corrected chi connectivity index (χ2v) is 13.0. The maximum atomic E-state index is 13.8. The van der Waals surface area contributed by atoms with Crippen LogP contribution in [0.1, 0.15) is 59.4 Å². The van der Waals surface area contributed by atoms with Crippen molar-refractivity contribution >= 4 is 15.9 Å². The van der Waals surface area contributed by atoms with E-state index >= 15 is 0 Å². The molecule has 0 radical (unpaired) electrons. The van der Waals surface area contributed by atoms with Gasteiger partial charge in [-0.3, -0.25) is 4.79 Å². The molecule has 1 amide bonds. The van der Waals surface area contributed by atoms with Gasteiger partial charge in [-0.1, -0.05) is 60.2 Å². The molecule has 232 valence electrons. The SMILES string of the molecule is Cc1ccc(C(C(N)=O)C2CCC(CN(Cc3ccccc3)S(=O)(=O)c3cc(C(F)(F)F)cc(C(F)(F)F)c3)CC2)cc1. The quantitative estimate of drug-likeness (QED) is 0.253. The van der Waals surface area contributed by atoms with E-state index in [0.29, 0.717) is 31.2 Å². The minimum Gasteiger partial charge on any atom is -0.369 e. The Morgan fingerprint density at radius 1 is 0.860 bits per heavy atom. The molecular formula is C31H32F6N2O3S. The molecule has 3 aromatic carbocycles. The predicted molar refractivity (Wildman–Crippen MR) is 149 cm³/mol. The van der Waals surface area contributed by atoms with Gasteiger partial charge in [0, 0.05) is 13.1 Å². The highest BCUT2D eigenvalue weighted by Crippen LogP contribution is 2.41. The number of nitrogens with two attached hydrogens (primary N) is 1. The van der Waals surface area contributed by atoms with E-state index in [1.54, 1.807) is 30.3 Å². The fourth-order valence-corrected chi connectivity index (χ4v) is 7.27. The summed E-state index contributed by atoms with van der Waals surface area (Å²) in [4.78, 5) is 11.3. The van der Waals surface area contributed by atoms with Crippen molar-refractivity contribution in [1.29, 1.82) is 0 Å².